The SMILES string of the molecule is CCCNCc1nn(-c2nc(-c3cccc(OC)c3)c(C(C)C)s2)c2ccc(C)cc12. The van der Waals surface area contributed by atoms with Crippen LogP contribution in [0, 0.1) is 6.92 Å². The van der Waals surface area contributed by atoms with E-state index in [9.17, 15) is 0 Å². The topological polar surface area (TPSA) is 52.0 Å². The Bertz CT molecular complexity index is 1190. The first-order valence-electron chi connectivity index (χ1n) is 10.9. The second-order valence-corrected chi connectivity index (χ2v) is 9.16. The van der Waals surface area contributed by atoms with Gasteiger partial charge in [0, 0.05) is 22.4 Å². The maximum absolute atomic E-state index is 5.44. The van der Waals surface area contributed by atoms with Gasteiger partial charge in [-0.2, -0.15) is 5.10 Å². The fourth-order valence-electron chi connectivity index (χ4n) is 3.73. The molecule has 0 radical (unpaired) electrons. The van der Waals surface area contributed by atoms with Crippen molar-refractivity contribution in [1.82, 2.24) is 20.1 Å². The van der Waals surface area contributed by atoms with Gasteiger partial charge in [0.05, 0.1) is 24.0 Å². The first-order chi connectivity index (χ1) is 15.0. The molecule has 0 aliphatic heterocycles. The van der Waals surface area contributed by atoms with E-state index in [1.165, 1.54) is 15.8 Å². The summed E-state index contributed by atoms with van der Waals surface area (Å²) in [5, 5.41) is 10.6. The Balaban J connectivity index is 1.84. The summed E-state index contributed by atoms with van der Waals surface area (Å²) in [4.78, 5) is 6.33. The summed E-state index contributed by atoms with van der Waals surface area (Å²) in [6.45, 7) is 10.5. The molecule has 4 rings (SSSR count). The molecular weight excluding hydrogens is 404 g/mol. The molecule has 31 heavy (non-hydrogen) atoms. The fraction of sp³-hybridized carbons (Fsp3) is 0.360. The number of rotatable bonds is 8. The molecule has 162 valence electrons. The summed E-state index contributed by atoms with van der Waals surface area (Å²) in [5.41, 5.74) is 5.48. The summed E-state index contributed by atoms with van der Waals surface area (Å²) >= 11 is 1.72. The molecular formula is C25H30N4OS. The molecule has 4 aromatic rings. The lowest BCUT2D eigenvalue weighted by molar-refractivity contribution is 0.415. The van der Waals surface area contributed by atoms with Crippen LogP contribution in [0.1, 0.15) is 49.2 Å². The normalized spacial score (nSPS) is 11.5. The zero-order valence-electron chi connectivity index (χ0n) is 18.9. The molecule has 0 atom stereocenters. The van der Waals surface area contributed by atoms with E-state index < -0.39 is 0 Å². The van der Waals surface area contributed by atoms with Crippen molar-refractivity contribution in [3.63, 3.8) is 0 Å². The predicted molar refractivity (Wildman–Crippen MR) is 130 cm³/mol. The maximum atomic E-state index is 5.44. The van der Waals surface area contributed by atoms with Gasteiger partial charge in [-0.3, -0.25) is 0 Å². The number of methoxy groups -OCH3 is 1. The molecule has 2 heterocycles. The van der Waals surface area contributed by atoms with Gasteiger partial charge in [-0.1, -0.05) is 55.9 Å². The first kappa shape index (κ1) is 21.5. The molecule has 0 unspecified atom stereocenters. The van der Waals surface area contributed by atoms with E-state index in [4.69, 9.17) is 14.8 Å². The highest BCUT2D eigenvalue weighted by atomic mass is 32.1. The van der Waals surface area contributed by atoms with E-state index in [1.54, 1.807) is 18.4 Å². The van der Waals surface area contributed by atoms with Crippen LogP contribution < -0.4 is 10.1 Å². The average Bonchev–Trinajstić information content (AvgIpc) is 3.36. The lowest BCUT2D eigenvalue weighted by atomic mass is 10.1. The van der Waals surface area contributed by atoms with Crippen molar-refractivity contribution >= 4 is 22.2 Å². The number of nitrogens with one attached hydrogen (secondary N) is 1. The molecule has 0 spiro atoms. The van der Waals surface area contributed by atoms with E-state index in [1.807, 2.05) is 16.8 Å². The van der Waals surface area contributed by atoms with Gasteiger partial charge in [0.25, 0.3) is 0 Å². The average molecular weight is 435 g/mol. The smallest absolute Gasteiger partial charge is 0.211 e. The molecule has 0 amide bonds. The molecule has 0 saturated carbocycles. The highest BCUT2D eigenvalue weighted by Gasteiger charge is 2.20. The van der Waals surface area contributed by atoms with Crippen molar-refractivity contribution in [2.24, 2.45) is 0 Å². The molecule has 0 bridgehead atoms. The number of hydrogen-bond acceptors (Lipinski definition) is 5. The Hall–Kier alpha value is -2.70. The Morgan fingerprint density at radius 2 is 2.00 bits per heavy atom. The van der Waals surface area contributed by atoms with Gasteiger partial charge in [-0.05, 0) is 50.1 Å². The molecule has 0 fully saturated rings. The highest BCUT2D eigenvalue weighted by molar-refractivity contribution is 7.14. The van der Waals surface area contributed by atoms with Crippen molar-refractivity contribution < 1.29 is 4.74 Å². The second kappa shape index (κ2) is 9.20. The second-order valence-electron chi connectivity index (χ2n) is 8.15. The lowest BCUT2D eigenvalue weighted by Gasteiger charge is -2.06. The van der Waals surface area contributed by atoms with E-state index >= 15 is 0 Å². The standard InChI is InChI=1S/C25H30N4OS/c1-6-12-26-15-21-20-13-17(4)10-11-22(20)29(28-21)25-27-23(24(31-25)16(2)3)18-8-7-9-19(14-18)30-5/h7-11,13-14,16,26H,6,12,15H2,1-5H3. The summed E-state index contributed by atoms with van der Waals surface area (Å²) in [6.07, 6.45) is 1.10. The Morgan fingerprint density at radius 3 is 2.74 bits per heavy atom. The van der Waals surface area contributed by atoms with Crippen LogP contribution in [0.5, 0.6) is 5.75 Å². The van der Waals surface area contributed by atoms with E-state index in [-0.39, 0.29) is 0 Å². The number of fused-ring (bicyclic) bond motifs is 1. The lowest BCUT2D eigenvalue weighted by Crippen LogP contribution is -2.14. The number of nitrogens with zero attached hydrogens (tertiary/aromatic N) is 3. The van der Waals surface area contributed by atoms with Gasteiger partial charge in [-0.25, -0.2) is 9.67 Å². The summed E-state index contributed by atoms with van der Waals surface area (Å²) in [5.74, 6) is 1.20. The zero-order chi connectivity index (χ0) is 22.0. The molecule has 0 aliphatic rings. The zero-order valence-corrected chi connectivity index (χ0v) is 19.7. The summed E-state index contributed by atoms with van der Waals surface area (Å²) < 4.78 is 7.45. The van der Waals surface area contributed by atoms with Crippen molar-refractivity contribution in [1.29, 1.82) is 0 Å². The Morgan fingerprint density at radius 1 is 1.16 bits per heavy atom. The Labute approximate surface area is 188 Å². The highest BCUT2D eigenvalue weighted by Crippen LogP contribution is 2.37. The predicted octanol–water partition coefficient (Wildman–Crippen LogP) is 6.09. The number of ether oxygens (including phenoxy) is 1. The van der Waals surface area contributed by atoms with Gasteiger partial charge in [-0.15, -0.1) is 0 Å². The molecule has 5 nitrogen and oxygen atoms in total. The number of benzene rings is 2. The first-order valence-corrected chi connectivity index (χ1v) is 11.7. The largest absolute Gasteiger partial charge is 0.497 e. The minimum Gasteiger partial charge on any atom is -0.497 e. The van der Waals surface area contributed by atoms with Crippen LogP contribution in [0.2, 0.25) is 0 Å². The third-order valence-corrected chi connectivity index (χ3v) is 6.65. The van der Waals surface area contributed by atoms with Crippen LogP contribution in [0.15, 0.2) is 42.5 Å². The van der Waals surface area contributed by atoms with Crippen LogP contribution in [0.3, 0.4) is 0 Å². The Kier molecular flexibility index (Phi) is 6.39. The molecule has 0 saturated heterocycles. The van der Waals surface area contributed by atoms with Crippen LogP contribution in [0.25, 0.3) is 27.3 Å². The molecule has 2 aromatic heterocycles. The minimum absolute atomic E-state index is 0.363. The van der Waals surface area contributed by atoms with Crippen LogP contribution >= 0.6 is 11.3 Å². The third kappa shape index (κ3) is 4.36. The van der Waals surface area contributed by atoms with E-state index in [0.717, 1.165) is 52.9 Å². The molecule has 2 aromatic carbocycles. The van der Waals surface area contributed by atoms with E-state index in [0.29, 0.717) is 5.92 Å². The number of aromatic nitrogens is 3. The van der Waals surface area contributed by atoms with Crippen LogP contribution in [-0.4, -0.2) is 28.4 Å². The quantitative estimate of drug-likeness (QED) is 0.341. The van der Waals surface area contributed by atoms with Crippen molar-refractivity contribution in [3.05, 3.63) is 58.6 Å². The van der Waals surface area contributed by atoms with Crippen molar-refractivity contribution in [2.45, 2.75) is 46.6 Å². The van der Waals surface area contributed by atoms with Crippen LogP contribution in [0.4, 0.5) is 0 Å². The van der Waals surface area contributed by atoms with Crippen molar-refractivity contribution in [2.75, 3.05) is 13.7 Å². The van der Waals surface area contributed by atoms with Gasteiger partial charge in [0.2, 0.25) is 5.13 Å². The maximum Gasteiger partial charge on any atom is 0.211 e. The van der Waals surface area contributed by atoms with Gasteiger partial charge in [0.15, 0.2) is 0 Å². The molecule has 0 aliphatic carbocycles. The van der Waals surface area contributed by atoms with Gasteiger partial charge >= 0.3 is 0 Å². The van der Waals surface area contributed by atoms with Crippen LogP contribution in [-0.2, 0) is 6.54 Å². The van der Waals surface area contributed by atoms with Gasteiger partial charge < -0.3 is 10.1 Å². The van der Waals surface area contributed by atoms with Gasteiger partial charge in [0.1, 0.15) is 5.75 Å². The minimum atomic E-state index is 0.363. The third-order valence-electron chi connectivity index (χ3n) is 5.32. The van der Waals surface area contributed by atoms with E-state index in [2.05, 4.69) is 63.3 Å². The monoisotopic (exact) mass is 434 g/mol. The van der Waals surface area contributed by atoms with Crippen molar-refractivity contribution in [3.8, 4) is 22.1 Å². The fourth-order valence-corrected chi connectivity index (χ4v) is 4.79. The number of aryl methyl sites for hydroxylation is 1. The number of thiazole rings is 1. The molecule has 6 heteroatoms. The summed E-state index contributed by atoms with van der Waals surface area (Å²) in [6, 6.07) is 14.6. The number of hydrogen-bond donors (Lipinski definition) is 1. The summed E-state index contributed by atoms with van der Waals surface area (Å²) in [7, 11) is 1.70. The molecule has 1 N–H and O–H groups in total.